The van der Waals surface area contributed by atoms with E-state index in [1.54, 1.807) is 31.3 Å². The fourth-order valence-corrected chi connectivity index (χ4v) is 3.00. The molecule has 2 atom stereocenters. The Morgan fingerprint density at radius 2 is 2.15 bits per heavy atom. The lowest BCUT2D eigenvalue weighted by molar-refractivity contribution is -0.140. The van der Waals surface area contributed by atoms with E-state index in [2.05, 4.69) is 9.71 Å². The van der Waals surface area contributed by atoms with Crippen LogP contribution in [-0.4, -0.2) is 36.3 Å². The molecule has 0 spiro atoms. The minimum absolute atomic E-state index is 0.176. The first-order chi connectivity index (χ1) is 9.35. The van der Waals surface area contributed by atoms with E-state index >= 15 is 0 Å². The van der Waals surface area contributed by atoms with Crippen LogP contribution in [0.3, 0.4) is 0 Å². The van der Waals surface area contributed by atoms with Crippen molar-refractivity contribution in [1.82, 2.24) is 9.71 Å². The first kappa shape index (κ1) is 16.6. The number of aromatic nitrogens is 1. The number of nitrogens with zero attached hydrogens (tertiary/aromatic N) is 1. The summed E-state index contributed by atoms with van der Waals surface area (Å²) in [5.41, 5.74) is 0.660. The normalized spacial score (nSPS) is 14.7. The van der Waals surface area contributed by atoms with Gasteiger partial charge in [-0.05, 0) is 18.1 Å². The van der Waals surface area contributed by atoms with Gasteiger partial charge in [0, 0.05) is 18.3 Å². The van der Waals surface area contributed by atoms with E-state index in [1.807, 2.05) is 6.92 Å². The molecule has 0 aromatic carbocycles. The number of hydrogen-bond donors (Lipinski definition) is 2. The van der Waals surface area contributed by atoms with Gasteiger partial charge in [0.05, 0.1) is 5.75 Å². The summed E-state index contributed by atoms with van der Waals surface area (Å²) in [6.45, 7) is 3.53. The van der Waals surface area contributed by atoms with Gasteiger partial charge in [-0.3, -0.25) is 9.78 Å². The van der Waals surface area contributed by atoms with Crippen LogP contribution in [0.5, 0.6) is 0 Å². The van der Waals surface area contributed by atoms with Crippen molar-refractivity contribution in [2.75, 3.05) is 5.75 Å². The lowest BCUT2D eigenvalue weighted by atomic mass is 10.0. The number of nitrogens with one attached hydrogen (secondary N) is 1. The molecule has 0 bridgehead atoms. The van der Waals surface area contributed by atoms with Gasteiger partial charge in [-0.25, -0.2) is 13.1 Å². The highest BCUT2D eigenvalue weighted by Gasteiger charge is 2.28. The first-order valence-corrected chi connectivity index (χ1v) is 8.13. The fraction of sp³-hybridized carbons (Fsp3) is 0.538. The van der Waals surface area contributed by atoms with Gasteiger partial charge < -0.3 is 5.11 Å². The molecule has 1 aromatic rings. The van der Waals surface area contributed by atoms with E-state index < -0.39 is 22.0 Å². The average molecular weight is 300 g/mol. The zero-order chi connectivity index (χ0) is 15.2. The van der Waals surface area contributed by atoms with Crippen LogP contribution in [-0.2, 0) is 21.2 Å². The van der Waals surface area contributed by atoms with Gasteiger partial charge in [0.15, 0.2) is 0 Å². The highest BCUT2D eigenvalue weighted by molar-refractivity contribution is 7.89. The number of sulfonamides is 1. The number of pyridine rings is 1. The fourth-order valence-electron chi connectivity index (χ4n) is 1.68. The molecule has 0 radical (unpaired) electrons. The second-order valence-corrected chi connectivity index (χ2v) is 6.58. The third-order valence-corrected chi connectivity index (χ3v) is 4.49. The van der Waals surface area contributed by atoms with Crippen LogP contribution in [0.15, 0.2) is 24.4 Å². The number of carboxylic acids is 1. The summed E-state index contributed by atoms with van der Waals surface area (Å²) in [6, 6.07) is 4.17. The highest BCUT2D eigenvalue weighted by atomic mass is 32.2. The van der Waals surface area contributed by atoms with Crippen molar-refractivity contribution in [3.63, 3.8) is 0 Å². The lowest BCUT2D eigenvalue weighted by Gasteiger charge is -2.20. The molecule has 1 heterocycles. The van der Waals surface area contributed by atoms with Crippen LogP contribution in [0.25, 0.3) is 0 Å². The Morgan fingerprint density at radius 3 is 2.65 bits per heavy atom. The van der Waals surface area contributed by atoms with Gasteiger partial charge in [0.1, 0.15) is 6.04 Å². The molecule has 0 aliphatic carbocycles. The van der Waals surface area contributed by atoms with Crippen molar-refractivity contribution >= 4 is 16.0 Å². The predicted molar refractivity (Wildman–Crippen MR) is 75.7 cm³/mol. The molecule has 112 valence electrons. The van der Waals surface area contributed by atoms with E-state index in [4.69, 9.17) is 5.11 Å². The first-order valence-electron chi connectivity index (χ1n) is 6.48. The Labute approximate surface area is 119 Å². The maximum Gasteiger partial charge on any atom is 0.322 e. The molecular formula is C13H20N2O4S. The number of aryl methyl sites for hydroxylation is 1. The minimum Gasteiger partial charge on any atom is -0.480 e. The maximum absolute atomic E-state index is 11.9. The largest absolute Gasteiger partial charge is 0.480 e. The zero-order valence-corrected chi connectivity index (χ0v) is 12.4. The summed E-state index contributed by atoms with van der Waals surface area (Å²) in [6.07, 6.45) is 2.43. The van der Waals surface area contributed by atoms with Crippen LogP contribution in [0, 0.1) is 5.92 Å². The van der Waals surface area contributed by atoms with Crippen LogP contribution < -0.4 is 4.72 Å². The van der Waals surface area contributed by atoms with E-state index in [0.717, 1.165) is 0 Å². The van der Waals surface area contributed by atoms with Crippen LogP contribution >= 0.6 is 0 Å². The zero-order valence-electron chi connectivity index (χ0n) is 11.6. The Balaban J connectivity index is 2.66. The second-order valence-electron chi connectivity index (χ2n) is 4.71. The molecule has 6 nitrogen and oxygen atoms in total. The van der Waals surface area contributed by atoms with Crippen molar-refractivity contribution in [1.29, 1.82) is 0 Å². The van der Waals surface area contributed by atoms with Gasteiger partial charge >= 0.3 is 5.97 Å². The molecule has 0 amide bonds. The number of rotatable bonds is 8. The summed E-state index contributed by atoms with van der Waals surface area (Å²) in [5, 5.41) is 9.08. The smallest absolute Gasteiger partial charge is 0.322 e. The molecular weight excluding hydrogens is 280 g/mol. The average Bonchev–Trinajstić information content (AvgIpc) is 2.43. The molecule has 0 saturated heterocycles. The highest BCUT2D eigenvalue weighted by Crippen LogP contribution is 2.09. The van der Waals surface area contributed by atoms with Crippen molar-refractivity contribution in [3.8, 4) is 0 Å². The molecule has 0 unspecified atom stereocenters. The third kappa shape index (κ3) is 5.26. The SMILES string of the molecule is CC[C@H](C)[C@H](NS(=O)(=O)CCc1ccccn1)C(=O)O. The summed E-state index contributed by atoms with van der Waals surface area (Å²) in [7, 11) is -3.65. The predicted octanol–water partition coefficient (Wildman–Crippen LogP) is 1.04. The number of carboxylic acid groups (broad SMARTS) is 1. The minimum atomic E-state index is -3.65. The number of carbonyl (C=O) groups is 1. The van der Waals surface area contributed by atoms with Crippen molar-refractivity contribution in [3.05, 3.63) is 30.1 Å². The van der Waals surface area contributed by atoms with Gasteiger partial charge in [0.2, 0.25) is 10.0 Å². The van der Waals surface area contributed by atoms with E-state index in [0.29, 0.717) is 12.1 Å². The Bertz CT molecular complexity index is 531. The molecule has 20 heavy (non-hydrogen) atoms. The van der Waals surface area contributed by atoms with Crippen LogP contribution in [0.2, 0.25) is 0 Å². The van der Waals surface area contributed by atoms with Crippen molar-refractivity contribution < 1.29 is 18.3 Å². The molecule has 1 aromatic heterocycles. The summed E-state index contributed by atoms with van der Waals surface area (Å²) in [4.78, 5) is 15.2. The Hall–Kier alpha value is -1.47. The lowest BCUT2D eigenvalue weighted by Crippen LogP contribution is -2.46. The quantitative estimate of drug-likeness (QED) is 0.748. The number of aliphatic carboxylic acids is 1. The monoisotopic (exact) mass is 300 g/mol. The van der Waals surface area contributed by atoms with Crippen LogP contribution in [0.4, 0.5) is 0 Å². The molecule has 0 aliphatic heterocycles. The van der Waals surface area contributed by atoms with Crippen LogP contribution in [0.1, 0.15) is 26.0 Å². The topological polar surface area (TPSA) is 96.4 Å². The Kier molecular flexibility index (Phi) is 6.09. The van der Waals surface area contributed by atoms with Gasteiger partial charge in [0.25, 0.3) is 0 Å². The van der Waals surface area contributed by atoms with Crippen molar-refractivity contribution in [2.45, 2.75) is 32.7 Å². The van der Waals surface area contributed by atoms with Gasteiger partial charge in [-0.2, -0.15) is 0 Å². The molecule has 0 aliphatic rings. The summed E-state index contributed by atoms with van der Waals surface area (Å²) in [5.74, 6) is -1.59. The second kappa shape index (κ2) is 7.35. The third-order valence-electron chi connectivity index (χ3n) is 3.14. The van der Waals surface area contributed by atoms with E-state index in [-0.39, 0.29) is 18.1 Å². The molecule has 2 N–H and O–H groups in total. The summed E-state index contributed by atoms with van der Waals surface area (Å²) >= 11 is 0. The van der Waals surface area contributed by atoms with E-state index in [1.165, 1.54) is 0 Å². The molecule has 0 saturated carbocycles. The molecule has 1 rings (SSSR count). The molecule has 7 heteroatoms. The Morgan fingerprint density at radius 1 is 1.45 bits per heavy atom. The number of hydrogen-bond acceptors (Lipinski definition) is 4. The van der Waals surface area contributed by atoms with Gasteiger partial charge in [-0.15, -0.1) is 0 Å². The standard InChI is InChI=1S/C13H20N2O4S/c1-3-10(2)12(13(16)17)15-20(18,19)9-7-11-6-4-5-8-14-11/h4-6,8,10,12,15H,3,7,9H2,1-2H3,(H,16,17)/t10-,12-/m0/s1. The maximum atomic E-state index is 11.9. The van der Waals surface area contributed by atoms with Crippen molar-refractivity contribution in [2.24, 2.45) is 5.92 Å². The molecule has 0 fully saturated rings. The summed E-state index contributed by atoms with van der Waals surface area (Å²) < 4.78 is 26.1. The van der Waals surface area contributed by atoms with Gasteiger partial charge in [-0.1, -0.05) is 26.3 Å². The van der Waals surface area contributed by atoms with E-state index in [9.17, 15) is 13.2 Å².